The van der Waals surface area contributed by atoms with Crippen molar-refractivity contribution < 1.29 is 4.79 Å². The van der Waals surface area contributed by atoms with Gasteiger partial charge in [0.05, 0.1) is 28.5 Å². The van der Waals surface area contributed by atoms with Gasteiger partial charge in [-0.15, -0.1) is 0 Å². The molecule has 4 atom stereocenters. The highest BCUT2D eigenvalue weighted by atomic mass is 32.2. The van der Waals surface area contributed by atoms with E-state index in [9.17, 15) is 9.59 Å². The third-order valence-corrected chi connectivity index (χ3v) is 7.74. The van der Waals surface area contributed by atoms with Crippen LogP contribution in [0.25, 0.3) is 16.6 Å². The second-order valence-corrected chi connectivity index (χ2v) is 9.69. The summed E-state index contributed by atoms with van der Waals surface area (Å²) in [6.45, 7) is 2.13. The minimum atomic E-state index is -0.156. The molecule has 2 saturated carbocycles. The number of nitrogens with one attached hydrogen (secondary N) is 1. The molecule has 1 amide bonds. The van der Waals surface area contributed by atoms with E-state index < -0.39 is 0 Å². The Morgan fingerprint density at radius 3 is 2.84 bits per heavy atom. The van der Waals surface area contributed by atoms with Crippen molar-refractivity contribution in [3.8, 4) is 5.69 Å². The first-order chi connectivity index (χ1) is 15.1. The Balaban J connectivity index is 1.36. The fourth-order valence-corrected chi connectivity index (χ4v) is 6.19. The van der Waals surface area contributed by atoms with Gasteiger partial charge in [-0.25, -0.2) is 4.98 Å². The summed E-state index contributed by atoms with van der Waals surface area (Å²) in [7, 11) is 0. The molecule has 2 aliphatic rings. The molecule has 31 heavy (non-hydrogen) atoms. The lowest BCUT2D eigenvalue weighted by Gasteiger charge is -2.28. The third-order valence-electron chi connectivity index (χ3n) is 6.81. The van der Waals surface area contributed by atoms with Crippen LogP contribution in [-0.2, 0) is 4.79 Å². The molecule has 0 saturated heterocycles. The van der Waals surface area contributed by atoms with Crippen molar-refractivity contribution in [2.24, 2.45) is 17.8 Å². The molecule has 2 aliphatic carbocycles. The number of aromatic nitrogens is 3. The van der Waals surface area contributed by atoms with Crippen molar-refractivity contribution in [3.63, 3.8) is 0 Å². The molecule has 2 bridgehead atoms. The molecule has 5 rings (SSSR count). The number of thioether (sulfide) groups is 1. The van der Waals surface area contributed by atoms with Gasteiger partial charge in [0.2, 0.25) is 5.91 Å². The largest absolute Gasteiger partial charge is 0.353 e. The Hall–Kier alpha value is -2.67. The number of carbonyl (C=O) groups is 1. The number of hydrogen-bond donors (Lipinski definition) is 1. The van der Waals surface area contributed by atoms with Gasteiger partial charge in [0.25, 0.3) is 5.56 Å². The molecule has 0 radical (unpaired) electrons. The van der Waals surface area contributed by atoms with Crippen LogP contribution in [0.4, 0.5) is 0 Å². The predicted molar refractivity (Wildman–Crippen MR) is 122 cm³/mol. The number of nitrogens with zero attached hydrogens (tertiary/aromatic N) is 3. The minimum Gasteiger partial charge on any atom is -0.353 e. The van der Waals surface area contributed by atoms with Crippen LogP contribution in [0.5, 0.6) is 0 Å². The monoisotopic (exact) mass is 434 g/mol. The fraction of sp³-hybridized carbons (Fsp3) is 0.417. The Morgan fingerprint density at radius 2 is 2.10 bits per heavy atom. The van der Waals surface area contributed by atoms with Gasteiger partial charge in [0, 0.05) is 12.2 Å². The fourth-order valence-electron chi connectivity index (χ4n) is 5.36. The molecule has 0 aliphatic heterocycles. The summed E-state index contributed by atoms with van der Waals surface area (Å²) in [5.41, 5.74) is 1.12. The standard InChI is InChI=1S/C24H26N4O2S/c1-15(20-12-16-8-9-17(20)11-16)26-22(29)14-31-24-27-21-7-3-2-6-19(21)23(30)28(24)18-5-4-10-25-13-18/h2-7,10,13,15-17,20H,8-9,11-12,14H2,1H3,(H,26,29). The molecule has 0 spiro atoms. The van der Waals surface area contributed by atoms with Crippen LogP contribution in [0.3, 0.4) is 0 Å². The van der Waals surface area contributed by atoms with Crippen molar-refractivity contribution in [1.29, 1.82) is 0 Å². The zero-order valence-electron chi connectivity index (χ0n) is 17.5. The topological polar surface area (TPSA) is 76.9 Å². The number of hydrogen-bond acceptors (Lipinski definition) is 5. The average Bonchev–Trinajstić information content (AvgIpc) is 3.42. The van der Waals surface area contributed by atoms with Gasteiger partial charge in [-0.05, 0) is 68.2 Å². The molecule has 2 fully saturated rings. The van der Waals surface area contributed by atoms with E-state index in [4.69, 9.17) is 4.98 Å². The first-order valence-corrected chi connectivity index (χ1v) is 11.9. The quantitative estimate of drug-likeness (QED) is 0.472. The Labute approximate surface area is 185 Å². The van der Waals surface area contributed by atoms with Gasteiger partial charge in [-0.3, -0.25) is 19.1 Å². The van der Waals surface area contributed by atoms with Crippen LogP contribution in [-0.4, -0.2) is 32.2 Å². The second-order valence-electron chi connectivity index (χ2n) is 8.75. The molecule has 6 nitrogen and oxygen atoms in total. The number of carbonyl (C=O) groups excluding carboxylic acids is 1. The van der Waals surface area contributed by atoms with Crippen molar-refractivity contribution in [1.82, 2.24) is 19.9 Å². The van der Waals surface area contributed by atoms with E-state index in [1.165, 1.54) is 37.4 Å². The molecule has 7 heteroatoms. The highest BCUT2D eigenvalue weighted by Crippen LogP contribution is 2.49. The molecule has 2 heterocycles. The molecular weight excluding hydrogens is 408 g/mol. The van der Waals surface area contributed by atoms with Crippen molar-refractivity contribution in [3.05, 3.63) is 59.1 Å². The third kappa shape index (κ3) is 3.99. The number of amides is 1. The average molecular weight is 435 g/mol. The van der Waals surface area contributed by atoms with E-state index in [0.29, 0.717) is 27.7 Å². The van der Waals surface area contributed by atoms with Crippen molar-refractivity contribution >= 4 is 28.6 Å². The summed E-state index contributed by atoms with van der Waals surface area (Å²) < 4.78 is 1.55. The van der Waals surface area contributed by atoms with Gasteiger partial charge < -0.3 is 5.32 Å². The highest BCUT2D eigenvalue weighted by molar-refractivity contribution is 7.99. The van der Waals surface area contributed by atoms with Gasteiger partial charge in [-0.2, -0.15) is 0 Å². The second kappa shape index (κ2) is 8.46. The summed E-state index contributed by atoms with van der Waals surface area (Å²) in [5.74, 6) is 2.43. The van der Waals surface area contributed by atoms with E-state index >= 15 is 0 Å². The molecule has 4 unspecified atom stereocenters. The molecule has 3 aromatic rings. The van der Waals surface area contributed by atoms with E-state index in [1.807, 2.05) is 24.3 Å². The van der Waals surface area contributed by atoms with Crippen LogP contribution < -0.4 is 10.9 Å². The van der Waals surface area contributed by atoms with Crippen molar-refractivity contribution in [2.45, 2.75) is 43.8 Å². The van der Waals surface area contributed by atoms with E-state index in [1.54, 1.807) is 29.1 Å². The number of fused-ring (bicyclic) bond motifs is 3. The zero-order chi connectivity index (χ0) is 21.4. The first-order valence-electron chi connectivity index (χ1n) is 10.9. The first kappa shape index (κ1) is 20.2. The molecule has 1 aromatic carbocycles. The van der Waals surface area contributed by atoms with Gasteiger partial charge in [-0.1, -0.05) is 30.3 Å². The maximum absolute atomic E-state index is 13.2. The van der Waals surface area contributed by atoms with Crippen LogP contribution >= 0.6 is 11.8 Å². The Morgan fingerprint density at radius 1 is 1.23 bits per heavy atom. The van der Waals surface area contributed by atoms with Crippen molar-refractivity contribution in [2.75, 3.05) is 5.75 Å². The molecule has 2 aromatic heterocycles. The predicted octanol–water partition coefficient (Wildman–Crippen LogP) is 3.81. The van der Waals surface area contributed by atoms with E-state index in [0.717, 1.165) is 11.8 Å². The van der Waals surface area contributed by atoms with Crippen LogP contribution in [0.2, 0.25) is 0 Å². The lowest BCUT2D eigenvalue weighted by molar-refractivity contribution is -0.119. The Bertz CT molecular complexity index is 1160. The normalized spacial score (nSPS) is 23.2. The van der Waals surface area contributed by atoms with E-state index in [-0.39, 0.29) is 23.3 Å². The SMILES string of the molecule is CC(NC(=O)CSc1nc2ccccc2c(=O)n1-c1cccnc1)C1CC2CCC1C2. The molecule has 160 valence electrons. The lowest BCUT2D eigenvalue weighted by atomic mass is 9.84. The summed E-state index contributed by atoms with van der Waals surface area (Å²) in [4.78, 5) is 34.8. The molecule has 1 N–H and O–H groups in total. The Kier molecular flexibility index (Phi) is 5.52. The number of benzene rings is 1. The van der Waals surface area contributed by atoms with E-state index in [2.05, 4.69) is 17.2 Å². The number of rotatable bonds is 6. The summed E-state index contributed by atoms with van der Waals surface area (Å²) in [5, 5.41) is 4.25. The summed E-state index contributed by atoms with van der Waals surface area (Å²) in [6, 6.07) is 11.1. The van der Waals surface area contributed by atoms with Gasteiger partial charge >= 0.3 is 0 Å². The van der Waals surface area contributed by atoms with Crippen LogP contribution in [0.1, 0.15) is 32.6 Å². The van der Waals surface area contributed by atoms with Gasteiger partial charge in [0.15, 0.2) is 5.16 Å². The maximum atomic E-state index is 13.2. The maximum Gasteiger partial charge on any atom is 0.266 e. The van der Waals surface area contributed by atoms with Crippen LogP contribution in [0, 0.1) is 17.8 Å². The highest BCUT2D eigenvalue weighted by Gasteiger charge is 2.42. The summed E-state index contributed by atoms with van der Waals surface area (Å²) >= 11 is 1.29. The molecular formula is C24H26N4O2S. The smallest absolute Gasteiger partial charge is 0.266 e. The lowest BCUT2D eigenvalue weighted by Crippen LogP contribution is -2.41. The van der Waals surface area contributed by atoms with Gasteiger partial charge in [0.1, 0.15) is 0 Å². The summed E-state index contributed by atoms with van der Waals surface area (Å²) in [6.07, 6.45) is 8.55. The number of para-hydroxylation sites is 1. The zero-order valence-corrected chi connectivity index (χ0v) is 18.3. The number of pyridine rings is 1. The van der Waals surface area contributed by atoms with Crippen LogP contribution in [0.15, 0.2) is 58.7 Å². The minimum absolute atomic E-state index is 0.0135.